The molecule has 1 aromatic rings. The molecule has 1 atom stereocenters. The topological polar surface area (TPSA) is 65.0 Å². The Bertz CT molecular complexity index is 558. The van der Waals surface area contributed by atoms with Crippen LogP contribution < -0.4 is 4.74 Å². The van der Waals surface area contributed by atoms with E-state index in [9.17, 15) is 14.3 Å². The van der Waals surface area contributed by atoms with Crippen molar-refractivity contribution in [3.63, 3.8) is 0 Å². The van der Waals surface area contributed by atoms with E-state index in [0.717, 1.165) is 12.1 Å². The van der Waals surface area contributed by atoms with Gasteiger partial charge in [-0.3, -0.25) is 0 Å². The second-order valence-electron chi connectivity index (χ2n) is 6.81. The molecule has 0 saturated carbocycles. The van der Waals surface area contributed by atoms with E-state index in [1.54, 1.807) is 6.92 Å². The molecule has 0 aliphatic heterocycles. The number of carboxylic acid groups (broad SMARTS) is 1. The van der Waals surface area contributed by atoms with Crippen molar-refractivity contribution in [1.29, 1.82) is 0 Å². The summed E-state index contributed by atoms with van der Waals surface area (Å²) in [6.45, 7) is 8.60. The van der Waals surface area contributed by atoms with E-state index < -0.39 is 25.5 Å². The summed E-state index contributed by atoms with van der Waals surface area (Å²) in [4.78, 5) is 11.8. The number of carbonyl (C=O) groups is 1. The van der Waals surface area contributed by atoms with Gasteiger partial charge in [-0.1, -0.05) is 26.6 Å². The van der Waals surface area contributed by atoms with Crippen LogP contribution in [0, 0.1) is 5.82 Å². The Morgan fingerprint density at radius 2 is 2.00 bits per heavy atom. The molecule has 7 heteroatoms. The monoisotopic (exact) mass is 358 g/mol. The number of aliphatic carboxylic acids is 1. The Kier molecular flexibility index (Phi) is 7.38. The standard InChI is InChI=1S/C17H27FO5Si/c1-6-17(16(19)20,23-12-22-9-10-24(3,4)5)14-8-7-13(21-2)11-15(14)18/h7-8,11H,6,9-10,12H2,1-5H3,(H,19,20)/t17-/m1/s1. The number of benzene rings is 1. The number of halogens is 1. The van der Waals surface area contributed by atoms with Crippen molar-refractivity contribution in [2.45, 2.75) is 44.6 Å². The maximum Gasteiger partial charge on any atom is 0.340 e. The Balaban J connectivity index is 2.89. The zero-order valence-electron chi connectivity index (χ0n) is 15.0. The van der Waals surface area contributed by atoms with Crippen LogP contribution in [0.15, 0.2) is 18.2 Å². The SMILES string of the molecule is CC[C@](OCOCC[Si](C)(C)C)(C(=O)O)c1ccc(OC)cc1F. The van der Waals surface area contributed by atoms with E-state index in [1.807, 2.05) is 0 Å². The summed E-state index contributed by atoms with van der Waals surface area (Å²) in [5.74, 6) is -1.61. The van der Waals surface area contributed by atoms with Crippen LogP contribution in [0.25, 0.3) is 0 Å². The molecular formula is C17H27FO5Si. The highest BCUT2D eigenvalue weighted by atomic mass is 28.3. The zero-order chi connectivity index (χ0) is 18.4. The smallest absolute Gasteiger partial charge is 0.340 e. The van der Waals surface area contributed by atoms with E-state index in [4.69, 9.17) is 14.2 Å². The third-order valence-corrected chi connectivity index (χ3v) is 5.54. The van der Waals surface area contributed by atoms with Gasteiger partial charge in [0, 0.05) is 26.3 Å². The normalized spacial score (nSPS) is 14.2. The molecule has 0 aliphatic rings. The molecule has 0 aliphatic carbocycles. The predicted molar refractivity (Wildman–Crippen MR) is 92.6 cm³/mol. The highest BCUT2D eigenvalue weighted by Crippen LogP contribution is 2.33. The van der Waals surface area contributed by atoms with E-state index >= 15 is 0 Å². The van der Waals surface area contributed by atoms with Gasteiger partial charge in [-0.15, -0.1) is 0 Å². The Morgan fingerprint density at radius 3 is 2.46 bits per heavy atom. The van der Waals surface area contributed by atoms with E-state index in [-0.39, 0.29) is 18.8 Å². The maximum atomic E-state index is 14.4. The second-order valence-corrected chi connectivity index (χ2v) is 12.4. The second kappa shape index (κ2) is 8.59. The number of methoxy groups -OCH3 is 1. The highest BCUT2D eigenvalue weighted by molar-refractivity contribution is 6.76. The number of hydrogen-bond acceptors (Lipinski definition) is 4. The largest absolute Gasteiger partial charge is 0.497 e. The summed E-state index contributed by atoms with van der Waals surface area (Å²) in [7, 11) is 0.181. The van der Waals surface area contributed by atoms with Crippen LogP contribution in [0.2, 0.25) is 25.7 Å². The van der Waals surface area contributed by atoms with Crippen molar-refractivity contribution < 1.29 is 28.5 Å². The van der Waals surface area contributed by atoms with Crippen LogP contribution in [0.5, 0.6) is 5.75 Å². The average molecular weight is 358 g/mol. The molecule has 0 aromatic heterocycles. The Hall–Kier alpha value is -1.44. The Labute approximate surface area is 143 Å². The predicted octanol–water partition coefficient (Wildman–Crippen LogP) is 3.85. The summed E-state index contributed by atoms with van der Waals surface area (Å²) in [6, 6.07) is 4.99. The summed E-state index contributed by atoms with van der Waals surface area (Å²) < 4.78 is 30.2. The first-order chi connectivity index (χ1) is 11.2. The van der Waals surface area contributed by atoms with Gasteiger partial charge in [0.2, 0.25) is 0 Å². The molecule has 0 unspecified atom stereocenters. The van der Waals surface area contributed by atoms with Gasteiger partial charge >= 0.3 is 5.97 Å². The van der Waals surface area contributed by atoms with Gasteiger partial charge in [-0.2, -0.15) is 0 Å². The molecule has 24 heavy (non-hydrogen) atoms. The summed E-state index contributed by atoms with van der Waals surface area (Å²) in [5, 5.41) is 9.64. The van der Waals surface area contributed by atoms with Crippen molar-refractivity contribution >= 4 is 14.0 Å². The molecule has 0 bridgehead atoms. The van der Waals surface area contributed by atoms with Gasteiger partial charge in [0.1, 0.15) is 18.4 Å². The summed E-state index contributed by atoms with van der Waals surface area (Å²) in [6.07, 6.45) is 0.0724. The fourth-order valence-corrected chi connectivity index (χ4v) is 2.98. The first-order valence-corrected chi connectivity index (χ1v) is 11.7. The molecule has 0 spiro atoms. The van der Waals surface area contributed by atoms with E-state index in [0.29, 0.717) is 12.4 Å². The van der Waals surface area contributed by atoms with Crippen LogP contribution in [-0.4, -0.2) is 39.7 Å². The molecule has 0 radical (unpaired) electrons. The number of rotatable bonds is 10. The van der Waals surface area contributed by atoms with Gasteiger partial charge in [-0.25, -0.2) is 9.18 Å². The number of hydrogen-bond donors (Lipinski definition) is 1. The molecule has 1 aromatic carbocycles. The molecule has 0 saturated heterocycles. The van der Waals surface area contributed by atoms with Crippen molar-refractivity contribution in [1.82, 2.24) is 0 Å². The van der Waals surface area contributed by atoms with Gasteiger partial charge in [0.15, 0.2) is 5.60 Å². The number of carboxylic acids is 1. The highest BCUT2D eigenvalue weighted by Gasteiger charge is 2.42. The van der Waals surface area contributed by atoms with Crippen molar-refractivity contribution in [2.24, 2.45) is 0 Å². The van der Waals surface area contributed by atoms with Crippen LogP contribution in [0.4, 0.5) is 4.39 Å². The lowest BCUT2D eigenvalue weighted by Gasteiger charge is -2.29. The van der Waals surface area contributed by atoms with Gasteiger partial charge < -0.3 is 19.3 Å². The Morgan fingerprint density at radius 1 is 1.33 bits per heavy atom. The summed E-state index contributed by atoms with van der Waals surface area (Å²) >= 11 is 0. The van der Waals surface area contributed by atoms with Gasteiger partial charge in [-0.05, 0) is 24.6 Å². The molecule has 5 nitrogen and oxygen atoms in total. The lowest BCUT2D eigenvalue weighted by Crippen LogP contribution is -2.40. The van der Waals surface area contributed by atoms with Gasteiger partial charge in [0.25, 0.3) is 0 Å². The van der Waals surface area contributed by atoms with Gasteiger partial charge in [0.05, 0.1) is 7.11 Å². The summed E-state index contributed by atoms with van der Waals surface area (Å²) in [5.41, 5.74) is -1.82. The number of ether oxygens (including phenoxy) is 3. The van der Waals surface area contributed by atoms with Crippen LogP contribution in [-0.2, 0) is 19.9 Å². The van der Waals surface area contributed by atoms with Crippen molar-refractivity contribution in [3.05, 3.63) is 29.6 Å². The third kappa shape index (κ3) is 5.29. The third-order valence-electron chi connectivity index (χ3n) is 3.84. The molecule has 1 N–H and O–H groups in total. The molecule has 0 amide bonds. The van der Waals surface area contributed by atoms with Crippen LogP contribution in [0.3, 0.4) is 0 Å². The lowest BCUT2D eigenvalue weighted by molar-refractivity contribution is -0.189. The van der Waals surface area contributed by atoms with E-state index in [1.165, 1.54) is 19.2 Å². The molecule has 0 fully saturated rings. The fourth-order valence-electron chi connectivity index (χ4n) is 2.23. The lowest BCUT2D eigenvalue weighted by atomic mass is 9.90. The van der Waals surface area contributed by atoms with Crippen molar-refractivity contribution in [2.75, 3.05) is 20.5 Å². The average Bonchev–Trinajstić information content (AvgIpc) is 2.50. The zero-order valence-corrected chi connectivity index (χ0v) is 16.0. The van der Waals surface area contributed by atoms with Crippen LogP contribution in [0.1, 0.15) is 18.9 Å². The minimum atomic E-state index is -1.78. The molecule has 0 heterocycles. The molecular weight excluding hydrogens is 331 g/mol. The fraction of sp³-hybridized carbons (Fsp3) is 0.588. The molecule has 1 rings (SSSR count). The minimum Gasteiger partial charge on any atom is -0.497 e. The molecule has 136 valence electrons. The van der Waals surface area contributed by atoms with E-state index in [2.05, 4.69) is 19.6 Å². The van der Waals surface area contributed by atoms with Crippen molar-refractivity contribution in [3.8, 4) is 5.75 Å². The van der Waals surface area contributed by atoms with Crippen LogP contribution >= 0.6 is 0 Å². The maximum absolute atomic E-state index is 14.4. The quantitative estimate of drug-likeness (QED) is 0.391. The first-order valence-electron chi connectivity index (χ1n) is 7.95. The first kappa shape index (κ1) is 20.6. The minimum absolute atomic E-state index is 0.0351.